The van der Waals surface area contributed by atoms with Crippen LogP contribution in [0.25, 0.3) is 0 Å². The number of hydrogen-bond donors (Lipinski definition) is 0. The van der Waals surface area contributed by atoms with E-state index in [1.165, 1.54) is 11.1 Å². The van der Waals surface area contributed by atoms with Crippen molar-refractivity contribution in [1.29, 1.82) is 0 Å². The molecule has 0 fully saturated rings. The lowest BCUT2D eigenvalue weighted by Gasteiger charge is -2.09. The maximum atomic E-state index is 13.7. The Balaban J connectivity index is 2.19. The fraction of sp³-hybridized carbons (Fsp3) is 0.133. The van der Waals surface area contributed by atoms with Gasteiger partial charge in [-0.3, -0.25) is 9.80 Å². The molecule has 0 bridgehead atoms. The van der Waals surface area contributed by atoms with Crippen LogP contribution >= 0.6 is 0 Å². The number of halogens is 1. The topological polar surface area (TPSA) is 94.4 Å². The molecule has 0 aliphatic carbocycles. The normalized spacial score (nSPS) is 12.2. The Kier molecular flexibility index (Phi) is 5.72. The van der Waals surface area contributed by atoms with Gasteiger partial charge >= 0.3 is 0 Å². The molecule has 24 heavy (non-hydrogen) atoms. The van der Waals surface area contributed by atoms with E-state index in [4.69, 9.17) is 0 Å². The predicted octanol–water partition coefficient (Wildman–Crippen LogP) is 2.79. The largest absolute Gasteiger partial charge is 0.740 e. The van der Waals surface area contributed by atoms with E-state index >= 15 is 0 Å². The van der Waals surface area contributed by atoms with Crippen LogP contribution in [-0.2, 0) is 11.4 Å². The molecule has 0 saturated carbocycles. The van der Waals surface area contributed by atoms with Gasteiger partial charge in [0.2, 0.25) is 0 Å². The van der Waals surface area contributed by atoms with Crippen LogP contribution in [-0.4, -0.2) is 33.6 Å². The molecule has 2 aromatic rings. The van der Waals surface area contributed by atoms with E-state index in [0.717, 1.165) is 12.1 Å². The number of nitrogens with zero attached hydrogens (tertiary/aromatic N) is 3. The first-order valence-electron chi connectivity index (χ1n) is 6.67. The molecule has 0 N–H and O–H groups in total. The molecule has 2 aromatic carbocycles. The Morgan fingerprint density at radius 2 is 1.79 bits per heavy atom. The molecule has 0 amide bonds. The fourth-order valence-electron chi connectivity index (χ4n) is 1.77. The van der Waals surface area contributed by atoms with Gasteiger partial charge in [0.05, 0.1) is 5.69 Å². The molecule has 0 aromatic heterocycles. The summed E-state index contributed by atoms with van der Waals surface area (Å²) < 4.78 is 38.8. The van der Waals surface area contributed by atoms with Crippen LogP contribution in [0.2, 0.25) is 0 Å². The zero-order valence-corrected chi connectivity index (χ0v) is 13.6. The summed E-state index contributed by atoms with van der Waals surface area (Å²) in [6.45, 7) is 0. The van der Waals surface area contributed by atoms with Crippen molar-refractivity contribution in [1.82, 2.24) is 5.01 Å². The molecule has 0 saturated heterocycles. The second kappa shape index (κ2) is 7.75. The number of ketones is 1. The van der Waals surface area contributed by atoms with Gasteiger partial charge in [-0.05, 0) is 42.5 Å². The highest BCUT2D eigenvalue weighted by atomic mass is 32.2. The van der Waals surface area contributed by atoms with Gasteiger partial charge in [-0.2, -0.15) is 0 Å². The summed E-state index contributed by atoms with van der Waals surface area (Å²) in [6.07, 6.45) is 0. The van der Waals surface area contributed by atoms with E-state index in [0.29, 0.717) is 11.3 Å². The van der Waals surface area contributed by atoms with Crippen molar-refractivity contribution in [3.63, 3.8) is 0 Å². The minimum absolute atomic E-state index is 0.0687. The highest BCUT2D eigenvalue weighted by Gasteiger charge is 2.13. The van der Waals surface area contributed by atoms with Crippen molar-refractivity contribution < 1.29 is 22.1 Å². The quantitative estimate of drug-likeness (QED) is 0.345. The second-order valence-corrected chi connectivity index (χ2v) is 5.42. The first-order valence-corrected chi connectivity index (χ1v) is 7.67. The third-order valence-corrected chi connectivity index (χ3v) is 3.14. The number of rotatable bonds is 6. The molecule has 0 aliphatic rings. The standard InChI is InChI=1S/C15H14FN3O4S/c1-19(2)18-17-12-6-3-10(4-7-12)15(20)11-5-8-14(13(16)9-11)23-24(21)22/h3-9H,1-2H3,(H,21,22)/p-1. The Labute approximate surface area is 140 Å². The van der Waals surface area contributed by atoms with E-state index in [1.54, 1.807) is 38.4 Å². The Morgan fingerprint density at radius 1 is 1.17 bits per heavy atom. The summed E-state index contributed by atoms with van der Waals surface area (Å²) in [5.74, 6) is -1.83. The van der Waals surface area contributed by atoms with Crippen LogP contribution in [0.5, 0.6) is 5.75 Å². The molecular weight excluding hydrogens is 337 g/mol. The SMILES string of the molecule is CN(C)N=Nc1ccc(C(=O)c2ccc(OS(=O)[O-])c(F)c2)cc1. The Bertz CT molecular complexity index is 794. The molecular formula is C15H13FN3O4S-. The molecule has 126 valence electrons. The molecule has 0 aliphatic heterocycles. The Hall–Kier alpha value is -2.65. The van der Waals surface area contributed by atoms with E-state index in [1.807, 2.05) is 0 Å². The van der Waals surface area contributed by atoms with Crippen molar-refractivity contribution >= 4 is 22.8 Å². The minimum atomic E-state index is -2.89. The average molecular weight is 350 g/mol. The van der Waals surface area contributed by atoms with Crippen LogP contribution in [0.3, 0.4) is 0 Å². The number of carbonyl (C=O) groups is 1. The van der Waals surface area contributed by atoms with Gasteiger partial charge in [-0.1, -0.05) is 5.22 Å². The van der Waals surface area contributed by atoms with Crippen molar-refractivity contribution in [3.05, 3.63) is 59.4 Å². The molecule has 2 rings (SSSR count). The molecule has 1 unspecified atom stereocenters. The second-order valence-electron chi connectivity index (χ2n) is 4.85. The predicted molar refractivity (Wildman–Crippen MR) is 84.0 cm³/mol. The van der Waals surface area contributed by atoms with E-state index in [2.05, 4.69) is 14.5 Å². The summed E-state index contributed by atoms with van der Waals surface area (Å²) >= 11 is -2.89. The molecule has 7 nitrogen and oxygen atoms in total. The van der Waals surface area contributed by atoms with Crippen molar-refractivity contribution in [3.8, 4) is 5.75 Å². The van der Waals surface area contributed by atoms with E-state index in [-0.39, 0.29) is 5.56 Å². The molecule has 0 spiro atoms. The number of benzene rings is 2. The minimum Gasteiger partial charge on any atom is -0.740 e. The molecule has 9 heteroatoms. The van der Waals surface area contributed by atoms with E-state index < -0.39 is 28.7 Å². The first-order chi connectivity index (χ1) is 11.4. The van der Waals surface area contributed by atoms with Crippen molar-refractivity contribution in [2.24, 2.45) is 10.3 Å². The summed E-state index contributed by atoms with van der Waals surface area (Å²) in [5, 5.41) is 9.30. The van der Waals surface area contributed by atoms with Gasteiger partial charge < -0.3 is 8.74 Å². The fourth-order valence-corrected chi connectivity index (χ4v) is 2.05. The lowest BCUT2D eigenvalue weighted by Crippen LogP contribution is -2.04. The van der Waals surface area contributed by atoms with Gasteiger partial charge in [-0.15, -0.1) is 5.11 Å². The highest BCUT2D eigenvalue weighted by molar-refractivity contribution is 7.74. The number of hydrogen-bond acceptors (Lipinski definition) is 6. The van der Waals surface area contributed by atoms with Gasteiger partial charge in [0.15, 0.2) is 17.3 Å². The van der Waals surface area contributed by atoms with E-state index in [9.17, 15) is 17.9 Å². The zero-order valence-electron chi connectivity index (χ0n) is 12.8. The zero-order chi connectivity index (χ0) is 17.7. The summed E-state index contributed by atoms with van der Waals surface area (Å²) in [7, 11) is 3.46. The van der Waals surface area contributed by atoms with Crippen LogP contribution < -0.4 is 4.18 Å². The summed E-state index contributed by atoms with van der Waals surface area (Å²) in [4.78, 5) is 12.3. The molecule has 0 heterocycles. The maximum Gasteiger partial charge on any atom is 0.193 e. The molecule has 0 radical (unpaired) electrons. The summed E-state index contributed by atoms with van der Waals surface area (Å²) in [6, 6.07) is 9.58. The summed E-state index contributed by atoms with van der Waals surface area (Å²) in [5.41, 5.74) is 0.964. The van der Waals surface area contributed by atoms with Crippen molar-refractivity contribution in [2.45, 2.75) is 0 Å². The Morgan fingerprint density at radius 3 is 2.33 bits per heavy atom. The maximum absolute atomic E-state index is 13.7. The molecule has 1 atom stereocenters. The van der Waals surface area contributed by atoms with Crippen LogP contribution in [0.1, 0.15) is 15.9 Å². The average Bonchev–Trinajstić information content (AvgIpc) is 2.54. The lowest BCUT2D eigenvalue weighted by molar-refractivity contribution is 0.103. The monoisotopic (exact) mass is 350 g/mol. The third-order valence-electron chi connectivity index (χ3n) is 2.82. The van der Waals surface area contributed by atoms with Gasteiger partial charge in [0.25, 0.3) is 0 Å². The van der Waals surface area contributed by atoms with Gasteiger partial charge in [0, 0.05) is 25.2 Å². The van der Waals surface area contributed by atoms with Gasteiger partial charge in [-0.25, -0.2) is 8.60 Å². The van der Waals surface area contributed by atoms with Gasteiger partial charge in [0.1, 0.15) is 11.4 Å². The number of carbonyl (C=O) groups excluding carboxylic acids is 1. The first kappa shape index (κ1) is 17.7. The third kappa shape index (κ3) is 4.67. The van der Waals surface area contributed by atoms with Crippen molar-refractivity contribution in [2.75, 3.05) is 14.1 Å². The lowest BCUT2D eigenvalue weighted by atomic mass is 10.0. The smallest absolute Gasteiger partial charge is 0.193 e. The van der Waals surface area contributed by atoms with Crippen LogP contribution in [0.15, 0.2) is 52.8 Å². The highest BCUT2D eigenvalue weighted by Crippen LogP contribution is 2.22. The van der Waals surface area contributed by atoms with Crippen LogP contribution in [0, 0.1) is 5.82 Å². The van der Waals surface area contributed by atoms with Crippen LogP contribution in [0.4, 0.5) is 10.1 Å².